The average molecular weight is 449 g/mol. The van der Waals surface area contributed by atoms with Gasteiger partial charge in [-0.2, -0.15) is 0 Å². The number of Topliss-reactive ketones (excluding diaryl/α,β-unsaturated/α-hetero) is 1. The number of hydrogen-bond donors (Lipinski definition) is 0. The first kappa shape index (κ1) is 20.6. The molecule has 5 atom stereocenters. The molecule has 2 heterocycles. The first-order valence-corrected chi connectivity index (χ1v) is 14.0. The summed E-state index contributed by atoms with van der Waals surface area (Å²) >= 11 is 4.30. The Bertz CT molecular complexity index is 773. The Balaban J connectivity index is 1.29. The van der Waals surface area contributed by atoms with Gasteiger partial charge in [0.2, 0.25) is 0 Å². The van der Waals surface area contributed by atoms with Gasteiger partial charge in [0.15, 0.2) is 5.79 Å². The van der Waals surface area contributed by atoms with Crippen LogP contribution in [-0.4, -0.2) is 40.4 Å². The molecule has 0 aromatic rings. The Morgan fingerprint density at radius 2 is 1.73 bits per heavy atom. The van der Waals surface area contributed by atoms with E-state index < -0.39 is 5.79 Å². The molecule has 30 heavy (non-hydrogen) atoms. The van der Waals surface area contributed by atoms with Gasteiger partial charge in [0.25, 0.3) is 0 Å². The van der Waals surface area contributed by atoms with Crippen LogP contribution in [0.2, 0.25) is 0 Å². The third kappa shape index (κ3) is 2.83. The predicted octanol–water partition coefficient (Wildman–Crippen LogP) is 5.68. The van der Waals surface area contributed by atoms with Crippen LogP contribution in [-0.2, 0) is 14.3 Å². The number of rotatable bonds is 0. The van der Waals surface area contributed by atoms with E-state index in [1.54, 1.807) is 5.57 Å². The Morgan fingerprint density at radius 3 is 2.47 bits per heavy atom. The molecule has 6 aliphatic rings. The van der Waals surface area contributed by atoms with Crippen molar-refractivity contribution >= 4 is 29.3 Å². The molecule has 2 spiro atoms. The van der Waals surface area contributed by atoms with Crippen molar-refractivity contribution in [1.29, 1.82) is 0 Å². The molecule has 0 N–H and O–H groups in total. The molecule has 166 valence electrons. The second-order valence-electron chi connectivity index (χ2n) is 11.8. The summed E-state index contributed by atoms with van der Waals surface area (Å²) in [7, 11) is 0. The lowest BCUT2D eigenvalue weighted by atomic mass is 9.51. The van der Waals surface area contributed by atoms with Gasteiger partial charge in [-0.1, -0.05) is 32.4 Å². The monoisotopic (exact) mass is 448 g/mol. The molecule has 0 unspecified atom stereocenters. The van der Waals surface area contributed by atoms with Crippen molar-refractivity contribution in [3.05, 3.63) is 11.6 Å². The van der Waals surface area contributed by atoms with Crippen LogP contribution in [0.3, 0.4) is 0 Å². The molecule has 6 rings (SSSR count). The number of ketones is 1. The average Bonchev–Trinajstić information content (AvgIpc) is 3.26. The maximum absolute atomic E-state index is 13.7. The van der Waals surface area contributed by atoms with Gasteiger partial charge in [-0.3, -0.25) is 4.79 Å². The SMILES string of the molecule is CC1(C)COC2(CC[C@H]3[C@@H]4CCC5=CC6(CC[C@@H]5[C@H]4C(=O)C[C@@]32C)SCCS6)OC1. The number of carbonyl (C=O) groups excluding carboxylic acids is 1. The predicted molar refractivity (Wildman–Crippen MR) is 124 cm³/mol. The molecule has 3 saturated carbocycles. The Morgan fingerprint density at radius 1 is 1.00 bits per heavy atom. The van der Waals surface area contributed by atoms with E-state index in [2.05, 4.69) is 50.4 Å². The van der Waals surface area contributed by atoms with Gasteiger partial charge in [-0.05, 0) is 49.9 Å². The number of fused-ring (bicyclic) bond motifs is 6. The van der Waals surface area contributed by atoms with Crippen LogP contribution in [0.15, 0.2) is 11.6 Å². The zero-order valence-corrected chi connectivity index (χ0v) is 20.3. The van der Waals surface area contributed by atoms with E-state index in [0.717, 1.165) is 26.1 Å². The van der Waals surface area contributed by atoms with E-state index in [-0.39, 0.29) is 16.7 Å². The fourth-order valence-electron chi connectivity index (χ4n) is 7.94. The number of ether oxygens (including phenoxy) is 2. The van der Waals surface area contributed by atoms with Crippen molar-refractivity contribution in [1.82, 2.24) is 0 Å². The summed E-state index contributed by atoms with van der Waals surface area (Å²) < 4.78 is 13.4. The quantitative estimate of drug-likeness (QED) is 0.445. The summed E-state index contributed by atoms with van der Waals surface area (Å²) in [5.74, 6) is 4.40. The van der Waals surface area contributed by atoms with Gasteiger partial charge in [0.1, 0.15) is 5.78 Å². The highest BCUT2D eigenvalue weighted by Crippen LogP contribution is 2.67. The smallest absolute Gasteiger partial charge is 0.174 e. The standard InChI is InChI=1S/C25H36O3S2/c1-22(2)14-27-25(28-15-22)9-7-19-18-5-4-16-12-24(29-10-11-30-24)8-6-17(16)21(18)20(26)13-23(19,25)3/h12,17-19,21H,4-11,13-15H2,1-3H3/t17-,18-,19-,21+,23-/m0/s1. The van der Waals surface area contributed by atoms with Gasteiger partial charge in [-0.15, -0.1) is 23.5 Å². The molecule has 0 bridgehead atoms. The highest BCUT2D eigenvalue weighted by molar-refractivity contribution is 8.21. The first-order valence-electron chi connectivity index (χ1n) is 12.1. The first-order chi connectivity index (χ1) is 14.3. The molecular formula is C25H36O3S2. The molecule has 3 nitrogen and oxygen atoms in total. The summed E-state index contributed by atoms with van der Waals surface area (Å²) in [4.78, 5) is 13.7. The topological polar surface area (TPSA) is 35.5 Å². The Hall–Kier alpha value is 0.0300. The minimum Gasteiger partial charge on any atom is -0.349 e. The van der Waals surface area contributed by atoms with Gasteiger partial charge >= 0.3 is 0 Å². The van der Waals surface area contributed by atoms with Crippen molar-refractivity contribution in [2.45, 2.75) is 75.6 Å². The summed E-state index contributed by atoms with van der Waals surface area (Å²) in [6, 6.07) is 0. The number of carbonyl (C=O) groups is 1. The van der Waals surface area contributed by atoms with E-state index in [1.165, 1.54) is 37.2 Å². The van der Waals surface area contributed by atoms with Crippen LogP contribution in [0.5, 0.6) is 0 Å². The van der Waals surface area contributed by atoms with E-state index in [4.69, 9.17) is 9.47 Å². The molecule has 5 fully saturated rings. The molecule has 0 aromatic heterocycles. The Labute approximate surface area is 189 Å². The fourth-order valence-corrected chi connectivity index (χ4v) is 11.1. The van der Waals surface area contributed by atoms with E-state index >= 15 is 0 Å². The van der Waals surface area contributed by atoms with Crippen molar-refractivity contribution < 1.29 is 14.3 Å². The van der Waals surface area contributed by atoms with Gasteiger partial charge in [0.05, 0.1) is 17.3 Å². The van der Waals surface area contributed by atoms with Crippen LogP contribution in [0.4, 0.5) is 0 Å². The summed E-state index contributed by atoms with van der Waals surface area (Å²) in [6.45, 7) is 8.23. The van der Waals surface area contributed by atoms with Crippen molar-refractivity contribution in [3.8, 4) is 0 Å². The molecule has 0 amide bonds. The van der Waals surface area contributed by atoms with Crippen LogP contribution < -0.4 is 0 Å². The highest BCUT2D eigenvalue weighted by Gasteiger charge is 2.68. The van der Waals surface area contributed by atoms with Gasteiger partial charge in [-0.25, -0.2) is 0 Å². The second kappa shape index (κ2) is 6.77. The zero-order chi connectivity index (χ0) is 20.8. The van der Waals surface area contributed by atoms with Crippen LogP contribution in [0.25, 0.3) is 0 Å². The van der Waals surface area contributed by atoms with Crippen LogP contribution >= 0.6 is 23.5 Å². The van der Waals surface area contributed by atoms with Crippen LogP contribution in [0, 0.1) is 34.5 Å². The number of hydrogen-bond acceptors (Lipinski definition) is 5. The second-order valence-corrected chi connectivity index (χ2v) is 14.9. The van der Waals surface area contributed by atoms with Crippen molar-refractivity contribution in [2.75, 3.05) is 24.7 Å². The molecule has 5 heteroatoms. The minimum absolute atomic E-state index is 0.0692. The maximum Gasteiger partial charge on any atom is 0.174 e. The zero-order valence-electron chi connectivity index (χ0n) is 18.7. The molecule has 0 aromatic carbocycles. The minimum atomic E-state index is -0.530. The molecule has 4 aliphatic carbocycles. The third-order valence-corrected chi connectivity index (χ3v) is 12.8. The maximum atomic E-state index is 13.7. The lowest BCUT2D eigenvalue weighted by Gasteiger charge is -2.57. The van der Waals surface area contributed by atoms with Gasteiger partial charge < -0.3 is 9.47 Å². The van der Waals surface area contributed by atoms with E-state index in [9.17, 15) is 4.79 Å². The third-order valence-electron chi connectivity index (χ3n) is 9.42. The molecule has 2 saturated heterocycles. The van der Waals surface area contributed by atoms with E-state index in [0.29, 0.717) is 34.0 Å². The fraction of sp³-hybridized carbons (Fsp3) is 0.880. The summed E-state index contributed by atoms with van der Waals surface area (Å²) in [6.07, 6.45) is 10.2. The largest absolute Gasteiger partial charge is 0.349 e. The number of thioether (sulfide) groups is 2. The molecule has 0 radical (unpaired) electrons. The lowest BCUT2D eigenvalue weighted by molar-refractivity contribution is -0.343. The molecule has 2 aliphatic heterocycles. The van der Waals surface area contributed by atoms with Crippen LogP contribution in [0.1, 0.15) is 65.7 Å². The van der Waals surface area contributed by atoms with Gasteiger partial charge in [0, 0.05) is 41.1 Å². The highest BCUT2D eigenvalue weighted by atomic mass is 32.2. The number of allylic oxidation sites excluding steroid dienone is 1. The molecular weight excluding hydrogens is 412 g/mol. The normalized spacial score (nSPS) is 45.7. The summed E-state index contributed by atoms with van der Waals surface area (Å²) in [5.41, 5.74) is 1.54. The Kier molecular flexibility index (Phi) is 4.66. The van der Waals surface area contributed by atoms with E-state index in [1.807, 2.05) is 0 Å². The van der Waals surface area contributed by atoms with Crippen molar-refractivity contribution in [2.24, 2.45) is 34.5 Å². The van der Waals surface area contributed by atoms with Crippen molar-refractivity contribution in [3.63, 3.8) is 0 Å². The lowest BCUT2D eigenvalue weighted by Crippen LogP contribution is -2.60. The summed E-state index contributed by atoms with van der Waals surface area (Å²) in [5, 5.41) is 0.